The highest BCUT2D eigenvalue weighted by molar-refractivity contribution is 4.92. The van der Waals surface area contributed by atoms with Crippen LogP contribution >= 0.6 is 0 Å². The lowest BCUT2D eigenvalue weighted by molar-refractivity contribution is 0.0494. The Morgan fingerprint density at radius 3 is 2.25 bits per heavy atom. The smallest absolute Gasteiger partial charge is 0.251 e. The molecule has 2 aliphatic heterocycles. The van der Waals surface area contributed by atoms with Crippen LogP contribution in [-0.2, 0) is 0 Å². The number of rotatable bonds is 2. The van der Waals surface area contributed by atoms with E-state index in [0.717, 1.165) is 39.0 Å². The normalized spacial score (nSPS) is 24.6. The van der Waals surface area contributed by atoms with Crippen molar-refractivity contribution in [2.75, 3.05) is 32.7 Å². The number of alkyl halides is 2. The van der Waals surface area contributed by atoms with Crippen LogP contribution < -0.4 is 5.32 Å². The lowest BCUT2D eigenvalue weighted by atomic mass is 9.78. The van der Waals surface area contributed by atoms with E-state index in [4.69, 9.17) is 0 Å². The molecule has 0 bridgehead atoms. The van der Waals surface area contributed by atoms with Gasteiger partial charge >= 0.3 is 0 Å². The van der Waals surface area contributed by atoms with Gasteiger partial charge in [-0.2, -0.15) is 0 Å². The number of nitrogens with zero attached hydrogens (tertiary/aromatic N) is 1. The lowest BCUT2D eigenvalue weighted by Gasteiger charge is -2.38. The van der Waals surface area contributed by atoms with Gasteiger partial charge in [0.2, 0.25) is 0 Å². The first kappa shape index (κ1) is 13.8. The molecule has 0 aromatic heterocycles. The Bertz CT molecular complexity index is 181. The monoisotopic (exact) mass is 234 g/mol. The molecule has 1 N–H and O–H groups in total. The Morgan fingerprint density at radius 1 is 1.19 bits per heavy atom. The molecule has 0 aromatic rings. The molecule has 0 atom stereocenters. The van der Waals surface area contributed by atoms with E-state index in [2.05, 4.69) is 5.32 Å². The Morgan fingerprint density at radius 2 is 1.81 bits per heavy atom. The maximum atomic E-state index is 12.1. The zero-order valence-corrected chi connectivity index (χ0v) is 10.4. The van der Waals surface area contributed by atoms with E-state index < -0.39 is 6.43 Å². The molecule has 0 aliphatic carbocycles. The largest absolute Gasteiger partial charge is 0.316 e. The minimum atomic E-state index is -2.18. The average molecular weight is 234 g/mol. The standard InChI is InChI=1S/C10H18F2N2.C2H6/c11-9(12)7-14-5-2-10(3-6-14)1-4-13-8-10;1-2/h9,13H,1-8H2;1-2H3. The minimum absolute atomic E-state index is 0.0382. The first-order valence-electron chi connectivity index (χ1n) is 6.41. The van der Waals surface area contributed by atoms with Crippen LogP contribution in [0.2, 0.25) is 0 Å². The highest BCUT2D eigenvalue weighted by atomic mass is 19.3. The van der Waals surface area contributed by atoms with Crippen molar-refractivity contribution in [3.05, 3.63) is 0 Å². The highest BCUT2D eigenvalue weighted by Gasteiger charge is 2.37. The fraction of sp³-hybridized carbons (Fsp3) is 1.00. The van der Waals surface area contributed by atoms with E-state index in [1.807, 2.05) is 18.7 Å². The molecule has 1 spiro atoms. The summed E-state index contributed by atoms with van der Waals surface area (Å²) in [4.78, 5) is 1.90. The fourth-order valence-electron chi connectivity index (χ4n) is 2.63. The van der Waals surface area contributed by atoms with Gasteiger partial charge < -0.3 is 5.32 Å². The number of hydrogen-bond donors (Lipinski definition) is 1. The molecule has 96 valence electrons. The zero-order chi connectivity index (χ0) is 12.0. The average Bonchev–Trinajstić information content (AvgIpc) is 2.73. The molecule has 0 saturated carbocycles. The molecule has 2 heterocycles. The third-order valence-corrected chi connectivity index (χ3v) is 3.65. The summed E-state index contributed by atoms with van der Waals surface area (Å²) in [6.07, 6.45) is 1.24. The van der Waals surface area contributed by atoms with Crippen LogP contribution in [0.15, 0.2) is 0 Å². The molecule has 2 saturated heterocycles. The summed E-state index contributed by atoms with van der Waals surface area (Å²) in [5.74, 6) is 0. The van der Waals surface area contributed by atoms with Gasteiger partial charge in [-0.05, 0) is 44.3 Å². The van der Waals surface area contributed by atoms with E-state index >= 15 is 0 Å². The van der Waals surface area contributed by atoms with E-state index in [1.165, 1.54) is 6.42 Å². The summed E-state index contributed by atoms with van der Waals surface area (Å²) in [6.45, 7) is 7.87. The Hall–Kier alpha value is -0.220. The van der Waals surface area contributed by atoms with Crippen LogP contribution in [0.5, 0.6) is 0 Å². The Kier molecular flexibility index (Phi) is 5.62. The quantitative estimate of drug-likeness (QED) is 0.789. The molecule has 0 aromatic carbocycles. The van der Waals surface area contributed by atoms with E-state index in [9.17, 15) is 8.78 Å². The van der Waals surface area contributed by atoms with Crippen LogP contribution in [0, 0.1) is 5.41 Å². The van der Waals surface area contributed by atoms with Gasteiger partial charge in [0.25, 0.3) is 6.43 Å². The summed E-state index contributed by atoms with van der Waals surface area (Å²) in [5, 5.41) is 3.37. The van der Waals surface area contributed by atoms with Crippen molar-refractivity contribution in [3.8, 4) is 0 Å². The fourth-order valence-corrected chi connectivity index (χ4v) is 2.63. The predicted molar refractivity (Wildman–Crippen MR) is 62.9 cm³/mol. The van der Waals surface area contributed by atoms with Gasteiger partial charge in [0.1, 0.15) is 0 Å². The lowest BCUT2D eigenvalue weighted by Crippen LogP contribution is -2.42. The van der Waals surface area contributed by atoms with E-state index in [-0.39, 0.29) is 6.54 Å². The first-order chi connectivity index (χ1) is 7.70. The number of likely N-dealkylation sites (tertiary alicyclic amines) is 1. The predicted octanol–water partition coefficient (Wildman–Crippen LogP) is 2.35. The highest BCUT2D eigenvalue weighted by Crippen LogP contribution is 2.36. The second-order valence-corrected chi connectivity index (χ2v) is 4.62. The van der Waals surface area contributed by atoms with Crippen molar-refractivity contribution >= 4 is 0 Å². The Balaban J connectivity index is 0.000000606. The second-order valence-electron chi connectivity index (χ2n) is 4.62. The van der Waals surface area contributed by atoms with Crippen LogP contribution in [0.3, 0.4) is 0 Å². The minimum Gasteiger partial charge on any atom is -0.316 e. The topological polar surface area (TPSA) is 15.3 Å². The van der Waals surface area contributed by atoms with Crippen molar-refractivity contribution in [3.63, 3.8) is 0 Å². The molecule has 4 heteroatoms. The van der Waals surface area contributed by atoms with Gasteiger partial charge in [0, 0.05) is 6.54 Å². The molecule has 0 amide bonds. The van der Waals surface area contributed by atoms with E-state index in [1.54, 1.807) is 0 Å². The van der Waals surface area contributed by atoms with Crippen molar-refractivity contribution in [2.45, 2.75) is 39.5 Å². The van der Waals surface area contributed by atoms with Gasteiger partial charge in [0.05, 0.1) is 6.54 Å². The van der Waals surface area contributed by atoms with Crippen molar-refractivity contribution in [1.82, 2.24) is 10.2 Å². The summed E-state index contributed by atoms with van der Waals surface area (Å²) < 4.78 is 24.3. The van der Waals surface area contributed by atoms with Gasteiger partial charge in [-0.3, -0.25) is 4.90 Å². The number of halogens is 2. The summed E-state index contributed by atoms with van der Waals surface area (Å²) >= 11 is 0. The van der Waals surface area contributed by atoms with Crippen LogP contribution in [0.25, 0.3) is 0 Å². The van der Waals surface area contributed by atoms with Gasteiger partial charge in [-0.15, -0.1) is 0 Å². The maximum absolute atomic E-state index is 12.1. The van der Waals surface area contributed by atoms with Gasteiger partial charge in [0.15, 0.2) is 0 Å². The number of piperidine rings is 1. The molecule has 0 unspecified atom stereocenters. The molecule has 2 nitrogen and oxygen atoms in total. The molecular formula is C12H24F2N2. The van der Waals surface area contributed by atoms with Crippen LogP contribution in [0.1, 0.15) is 33.1 Å². The SMILES string of the molecule is CC.FC(F)CN1CCC2(CCNC2)CC1. The molecule has 2 aliphatic rings. The molecule has 0 radical (unpaired) electrons. The summed E-state index contributed by atoms with van der Waals surface area (Å²) in [5.41, 5.74) is 0.443. The number of hydrogen-bond acceptors (Lipinski definition) is 2. The molecule has 16 heavy (non-hydrogen) atoms. The number of nitrogens with one attached hydrogen (secondary N) is 1. The summed E-state index contributed by atoms with van der Waals surface area (Å²) in [6, 6.07) is 0. The molecule has 2 fully saturated rings. The van der Waals surface area contributed by atoms with Crippen LogP contribution in [0.4, 0.5) is 8.78 Å². The Labute approximate surface area is 97.4 Å². The molecule has 2 rings (SSSR count). The van der Waals surface area contributed by atoms with Crippen LogP contribution in [-0.4, -0.2) is 44.0 Å². The molecular weight excluding hydrogens is 210 g/mol. The van der Waals surface area contributed by atoms with E-state index in [0.29, 0.717) is 5.41 Å². The van der Waals surface area contributed by atoms with Crippen molar-refractivity contribution < 1.29 is 8.78 Å². The second kappa shape index (κ2) is 6.50. The first-order valence-corrected chi connectivity index (χ1v) is 6.41. The third kappa shape index (κ3) is 3.67. The zero-order valence-electron chi connectivity index (χ0n) is 10.4. The third-order valence-electron chi connectivity index (χ3n) is 3.65. The summed E-state index contributed by atoms with van der Waals surface area (Å²) in [7, 11) is 0. The maximum Gasteiger partial charge on any atom is 0.251 e. The van der Waals surface area contributed by atoms with Crippen molar-refractivity contribution in [2.24, 2.45) is 5.41 Å². The van der Waals surface area contributed by atoms with Gasteiger partial charge in [-0.25, -0.2) is 8.78 Å². The van der Waals surface area contributed by atoms with Gasteiger partial charge in [-0.1, -0.05) is 13.8 Å². The van der Waals surface area contributed by atoms with Crippen molar-refractivity contribution in [1.29, 1.82) is 0 Å².